The van der Waals surface area contributed by atoms with Gasteiger partial charge in [0, 0.05) is 36.9 Å². The molecule has 150 valence electrons. The first-order valence-electron chi connectivity index (χ1n) is 9.27. The number of aromatic nitrogens is 1. The Morgan fingerprint density at radius 3 is 2.79 bits per heavy atom. The van der Waals surface area contributed by atoms with Gasteiger partial charge in [0.05, 0.1) is 5.01 Å². The van der Waals surface area contributed by atoms with Gasteiger partial charge in [0.1, 0.15) is 12.4 Å². The van der Waals surface area contributed by atoms with E-state index in [1.807, 2.05) is 5.38 Å². The van der Waals surface area contributed by atoms with E-state index in [2.05, 4.69) is 4.98 Å². The average molecular weight is 407 g/mol. The molecule has 0 radical (unpaired) electrons. The van der Waals surface area contributed by atoms with Crippen LogP contribution in [0.2, 0.25) is 0 Å². The third-order valence-electron chi connectivity index (χ3n) is 4.88. The molecule has 1 aliphatic rings. The van der Waals surface area contributed by atoms with Gasteiger partial charge in [-0.05, 0) is 49.0 Å². The number of allylic oxidation sites excluding steroid dienone is 1. The second-order valence-corrected chi connectivity index (χ2v) is 8.03. The van der Waals surface area contributed by atoms with Crippen LogP contribution in [0.25, 0.3) is 0 Å². The summed E-state index contributed by atoms with van der Waals surface area (Å²) < 4.78 is 33.9. The van der Waals surface area contributed by atoms with Gasteiger partial charge in [-0.3, -0.25) is 4.79 Å². The summed E-state index contributed by atoms with van der Waals surface area (Å²) in [5, 5.41) is 11.9. The Bertz CT molecular complexity index is 857. The Morgan fingerprint density at radius 1 is 1.32 bits per heavy atom. The van der Waals surface area contributed by atoms with Crippen molar-refractivity contribution in [2.45, 2.75) is 51.4 Å². The number of thiazole rings is 1. The molecule has 0 saturated heterocycles. The van der Waals surface area contributed by atoms with Gasteiger partial charge in [0.25, 0.3) is 5.92 Å². The van der Waals surface area contributed by atoms with Crippen LogP contribution in [0.4, 0.5) is 8.78 Å². The van der Waals surface area contributed by atoms with E-state index in [0.29, 0.717) is 17.9 Å². The number of alkyl halides is 2. The molecule has 0 unspecified atom stereocenters. The molecule has 0 bridgehead atoms. The zero-order valence-electron chi connectivity index (χ0n) is 15.7. The minimum atomic E-state index is -3.06. The summed E-state index contributed by atoms with van der Waals surface area (Å²) in [6, 6.07) is 4.53. The minimum absolute atomic E-state index is 0.0670. The van der Waals surface area contributed by atoms with E-state index in [-0.39, 0.29) is 18.4 Å². The third kappa shape index (κ3) is 5.38. The standard InChI is InChI=1S/C21H23F2NO3S/c1-21(22,23)18-12-17(7-5-14(18)6-8-20(25)26)27-13-16-4-2-3-15(16)11-19-24-9-10-28-19/h5,7,9-10,12H,2-4,6,8,11,13H2,1H3,(H,25,26). The van der Waals surface area contributed by atoms with Crippen LogP contribution >= 0.6 is 11.3 Å². The van der Waals surface area contributed by atoms with Gasteiger partial charge >= 0.3 is 5.97 Å². The second kappa shape index (κ2) is 8.82. The van der Waals surface area contributed by atoms with Crippen molar-refractivity contribution in [1.82, 2.24) is 4.98 Å². The lowest BCUT2D eigenvalue weighted by molar-refractivity contribution is -0.137. The number of halogens is 2. The Labute approximate surface area is 166 Å². The molecule has 0 atom stereocenters. The first-order chi connectivity index (χ1) is 13.3. The van der Waals surface area contributed by atoms with E-state index in [9.17, 15) is 13.6 Å². The number of benzene rings is 1. The van der Waals surface area contributed by atoms with Crippen LogP contribution in [-0.4, -0.2) is 22.7 Å². The largest absolute Gasteiger partial charge is 0.489 e. The van der Waals surface area contributed by atoms with Gasteiger partial charge in [-0.2, -0.15) is 0 Å². The van der Waals surface area contributed by atoms with Crippen molar-refractivity contribution in [2.24, 2.45) is 0 Å². The predicted molar refractivity (Wildman–Crippen MR) is 104 cm³/mol. The molecule has 1 aliphatic carbocycles. The molecule has 2 aromatic rings. The second-order valence-electron chi connectivity index (χ2n) is 7.05. The lowest BCUT2D eigenvalue weighted by atomic mass is 9.98. The topological polar surface area (TPSA) is 59.4 Å². The first-order valence-corrected chi connectivity index (χ1v) is 10.1. The van der Waals surface area contributed by atoms with Gasteiger partial charge in [0.15, 0.2) is 0 Å². The molecule has 0 fully saturated rings. The predicted octanol–water partition coefficient (Wildman–Crippen LogP) is 5.37. The molecule has 0 amide bonds. The van der Waals surface area contributed by atoms with Gasteiger partial charge in [0.2, 0.25) is 0 Å². The average Bonchev–Trinajstić information content (AvgIpc) is 3.30. The van der Waals surface area contributed by atoms with Crippen LogP contribution in [0, 0.1) is 0 Å². The molecular formula is C21H23F2NO3S. The van der Waals surface area contributed by atoms with Crippen LogP contribution in [0.15, 0.2) is 40.9 Å². The number of aryl methyl sites for hydroxylation is 1. The maximum Gasteiger partial charge on any atom is 0.303 e. The normalized spacial score (nSPS) is 14.5. The SMILES string of the molecule is CC(F)(F)c1cc(OCC2=C(Cc3nccs3)CCC2)ccc1CCC(=O)O. The summed E-state index contributed by atoms with van der Waals surface area (Å²) in [4.78, 5) is 15.1. The monoisotopic (exact) mass is 407 g/mol. The molecule has 1 heterocycles. The summed E-state index contributed by atoms with van der Waals surface area (Å²) in [7, 11) is 0. The summed E-state index contributed by atoms with van der Waals surface area (Å²) in [5.41, 5.74) is 2.71. The number of carboxylic acids is 1. The number of carbonyl (C=O) groups is 1. The molecule has 0 aliphatic heterocycles. The molecule has 28 heavy (non-hydrogen) atoms. The number of nitrogens with zero attached hydrogens (tertiary/aromatic N) is 1. The summed E-state index contributed by atoms with van der Waals surface area (Å²) >= 11 is 1.63. The minimum Gasteiger partial charge on any atom is -0.489 e. The molecule has 7 heteroatoms. The van der Waals surface area contributed by atoms with Crippen molar-refractivity contribution in [3.8, 4) is 5.75 Å². The third-order valence-corrected chi connectivity index (χ3v) is 5.66. The fraction of sp³-hybridized carbons (Fsp3) is 0.429. The van der Waals surface area contributed by atoms with Crippen molar-refractivity contribution in [3.05, 3.63) is 57.1 Å². The lowest BCUT2D eigenvalue weighted by Gasteiger charge is -2.18. The van der Waals surface area contributed by atoms with Crippen molar-refractivity contribution in [1.29, 1.82) is 0 Å². The van der Waals surface area contributed by atoms with Gasteiger partial charge in [-0.1, -0.05) is 11.6 Å². The maximum atomic E-state index is 14.0. The number of carboxylic acid groups (broad SMARTS) is 1. The zero-order chi connectivity index (χ0) is 20.1. The highest BCUT2D eigenvalue weighted by molar-refractivity contribution is 7.09. The van der Waals surface area contributed by atoms with E-state index >= 15 is 0 Å². The summed E-state index contributed by atoms with van der Waals surface area (Å²) in [6.45, 7) is 1.20. The first kappa shape index (κ1) is 20.5. The highest BCUT2D eigenvalue weighted by Gasteiger charge is 2.28. The molecule has 1 aromatic carbocycles. The van der Waals surface area contributed by atoms with Crippen LogP contribution in [0.1, 0.15) is 48.7 Å². The number of hydrogen-bond acceptors (Lipinski definition) is 4. The van der Waals surface area contributed by atoms with E-state index < -0.39 is 11.9 Å². The number of rotatable bonds is 9. The molecule has 3 rings (SSSR count). The number of aliphatic carboxylic acids is 1. The van der Waals surface area contributed by atoms with Crippen LogP contribution < -0.4 is 4.74 Å². The van der Waals surface area contributed by atoms with E-state index in [0.717, 1.165) is 37.6 Å². The smallest absolute Gasteiger partial charge is 0.303 e. The maximum absolute atomic E-state index is 14.0. The van der Waals surface area contributed by atoms with Crippen LogP contribution in [-0.2, 0) is 23.6 Å². The van der Waals surface area contributed by atoms with E-state index in [1.54, 1.807) is 29.7 Å². The van der Waals surface area contributed by atoms with Gasteiger partial charge in [-0.25, -0.2) is 13.8 Å². The lowest BCUT2D eigenvalue weighted by Crippen LogP contribution is -2.13. The van der Waals surface area contributed by atoms with Crippen molar-refractivity contribution < 1.29 is 23.4 Å². The number of hydrogen-bond donors (Lipinski definition) is 1. The van der Waals surface area contributed by atoms with E-state index in [1.165, 1.54) is 17.2 Å². The Morgan fingerprint density at radius 2 is 2.11 bits per heavy atom. The molecule has 0 saturated carbocycles. The van der Waals surface area contributed by atoms with Crippen molar-refractivity contribution >= 4 is 17.3 Å². The van der Waals surface area contributed by atoms with Crippen molar-refractivity contribution in [2.75, 3.05) is 6.61 Å². The quantitative estimate of drug-likeness (QED) is 0.568. The summed E-state index contributed by atoms with van der Waals surface area (Å²) in [6.07, 6.45) is 5.55. The van der Waals surface area contributed by atoms with Crippen LogP contribution in [0.3, 0.4) is 0 Å². The van der Waals surface area contributed by atoms with Crippen molar-refractivity contribution in [3.63, 3.8) is 0 Å². The molecule has 0 spiro atoms. The Hall–Kier alpha value is -2.28. The fourth-order valence-electron chi connectivity index (χ4n) is 3.46. The fourth-order valence-corrected chi connectivity index (χ4v) is 4.12. The molecular weight excluding hydrogens is 384 g/mol. The highest BCUT2D eigenvalue weighted by Crippen LogP contribution is 2.34. The van der Waals surface area contributed by atoms with E-state index in [4.69, 9.17) is 9.84 Å². The zero-order valence-corrected chi connectivity index (χ0v) is 16.5. The Kier molecular flexibility index (Phi) is 6.44. The highest BCUT2D eigenvalue weighted by atomic mass is 32.1. The molecule has 1 aromatic heterocycles. The molecule has 1 N–H and O–H groups in total. The van der Waals surface area contributed by atoms with Gasteiger partial charge in [-0.15, -0.1) is 11.3 Å². The number of ether oxygens (including phenoxy) is 1. The van der Waals surface area contributed by atoms with Gasteiger partial charge < -0.3 is 9.84 Å². The molecule has 4 nitrogen and oxygen atoms in total. The Balaban J connectivity index is 1.72. The summed E-state index contributed by atoms with van der Waals surface area (Å²) in [5.74, 6) is -3.69. The van der Waals surface area contributed by atoms with Crippen LogP contribution in [0.5, 0.6) is 5.75 Å².